The van der Waals surface area contributed by atoms with E-state index in [2.05, 4.69) is 0 Å². The minimum atomic E-state index is -4.72. The van der Waals surface area contributed by atoms with Gasteiger partial charge in [-0.1, -0.05) is 6.92 Å². The summed E-state index contributed by atoms with van der Waals surface area (Å²) in [5.74, 6) is -3.72. The fourth-order valence-corrected chi connectivity index (χ4v) is 1.45. The topological polar surface area (TPSA) is 66.4 Å². The average molecular weight is 293 g/mol. The first-order valence-electron chi connectivity index (χ1n) is 5.57. The second kappa shape index (κ2) is 5.89. The van der Waals surface area contributed by atoms with Crippen molar-refractivity contribution < 1.29 is 32.3 Å². The lowest BCUT2D eigenvalue weighted by Gasteiger charge is -2.14. The van der Waals surface area contributed by atoms with E-state index in [4.69, 9.17) is 5.11 Å². The maximum absolute atomic E-state index is 13.4. The lowest BCUT2D eigenvalue weighted by Crippen LogP contribution is -2.40. The number of halogens is 4. The predicted molar refractivity (Wildman–Crippen MR) is 60.6 cm³/mol. The highest BCUT2D eigenvalue weighted by Crippen LogP contribution is 2.30. The van der Waals surface area contributed by atoms with Crippen LogP contribution in [-0.4, -0.2) is 23.0 Å². The van der Waals surface area contributed by atoms with Crippen LogP contribution >= 0.6 is 0 Å². The van der Waals surface area contributed by atoms with Crippen molar-refractivity contribution in [3.63, 3.8) is 0 Å². The largest absolute Gasteiger partial charge is 0.480 e. The number of amides is 1. The first-order valence-corrected chi connectivity index (χ1v) is 5.57. The summed E-state index contributed by atoms with van der Waals surface area (Å²) in [5.41, 5.74) is -2.04. The zero-order valence-electron chi connectivity index (χ0n) is 10.3. The summed E-state index contributed by atoms with van der Waals surface area (Å²) in [6.45, 7) is 1.46. The highest BCUT2D eigenvalue weighted by Gasteiger charge is 2.32. The number of carboxylic acids is 1. The van der Waals surface area contributed by atoms with Crippen molar-refractivity contribution in [2.75, 3.05) is 0 Å². The van der Waals surface area contributed by atoms with Crippen LogP contribution in [0.5, 0.6) is 0 Å². The number of alkyl halides is 3. The first-order chi connectivity index (χ1) is 9.16. The van der Waals surface area contributed by atoms with Crippen LogP contribution in [0.15, 0.2) is 18.2 Å². The van der Waals surface area contributed by atoms with Crippen LogP contribution < -0.4 is 5.32 Å². The first kappa shape index (κ1) is 15.9. The molecule has 1 amide bonds. The number of carboxylic acid groups (broad SMARTS) is 1. The second-order valence-electron chi connectivity index (χ2n) is 3.96. The van der Waals surface area contributed by atoms with Crippen LogP contribution in [-0.2, 0) is 11.0 Å². The van der Waals surface area contributed by atoms with Gasteiger partial charge in [-0.25, -0.2) is 9.18 Å². The minimum absolute atomic E-state index is 0.0155. The third-order valence-electron chi connectivity index (χ3n) is 2.55. The molecule has 4 nitrogen and oxygen atoms in total. The summed E-state index contributed by atoms with van der Waals surface area (Å²) in [6, 6.07) is 0.0655. The molecule has 0 aliphatic carbocycles. The lowest BCUT2D eigenvalue weighted by atomic mass is 10.1. The Morgan fingerprint density at radius 3 is 2.40 bits per heavy atom. The summed E-state index contributed by atoms with van der Waals surface area (Å²) >= 11 is 0. The highest BCUT2D eigenvalue weighted by molar-refractivity contribution is 5.97. The Balaban J connectivity index is 3.06. The normalized spacial score (nSPS) is 12.8. The monoisotopic (exact) mass is 293 g/mol. The summed E-state index contributed by atoms with van der Waals surface area (Å²) in [5, 5.41) is 10.7. The number of carbonyl (C=O) groups excluding carboxylic acids is 1. The lowest BCUT2D eigenvalue weighted by molar-refractivity contribution is -0.139. The number of hydrogen-bond acceptors (Lipinski definition) is 2. The molecule has 1 aromatic rings. The van der Waals surface area contributed by atoms with Crippen LogP contribution in [0.3, 0.4) is 0 Å². The Bertz CT molecular complexity index is 528. The van der Waals surface area contributed by atoms with Gasteiger partial charge in [0.25, 0.3) is 5.91 Å². The maximum Gasteiger partial charge on any atom is 0.416 e. The van der Waals surface area contributed by atoms with Gasteiger partial charge in [0, 0.05) is 0 Å². The average Bonchev–Trinajstić information content (AvgIpc) is 2.34. The molecule has 0 saturated heterocycles. The van der Waals surface area contributed by atoms with E-state index in [-0.39, 0.29) is 6.42 Å². The van der Waals surface area contributed by atoms with Crippen LogP contribution in [0.2, 0.25) is 0 Å². The Morgan fingerprint density at radius 1 is 1.35 bits per heavy atom. The molecule has 20 heavy (non-hydrogen) atoms. The van der Waals surface area contributed by atoms with Gasteiger partial charge in [0.2, 0.25) is 0 Å². The molecule has 1 unspecified atom stereocenters. The maximum atomic E-state index is 13.4. The van der Waals surface area contributed by atoms with Crippen molar-refractivity contribution >= 4 is 11.9 Å². The molecule has 0 fully saturated rings. The van der Waals surface area contributed by atoms with Crippen molar-refractivity contribution in [2.24, 2.45) is 0 Å². The molecule has 0 aliphatic heterocycles. The molecule has 1 aromatic carbocycles. The van der Waals surface area contributed by atoms with Gasteiger partial charge in [-0.15, -0.1) is 0 Å². The fraction of sp³-hybridized carbons (Fsp3) is 0.333. The van der Waals surface area contributed by atoms with E-state index in [0.29, 0.717) is 18.2 Å². The number of rotatable bonds is 4. The van der Waals surface area contributed by atoms with E-state index in [0.717, 1.165) is 0 Å². The summed E-state index contributed by atoms with van der Waals surface area (Å²) in [7, 11) is 0. The Labute approximate surface area is 111 Å². The van der Waals surface area contributed by atoms with Crippen LogP contribution in [0.1, 0.15) is 29.3 Å². The molecular weight excluding hydrogens is 282 g/mol. The number of nitrogens with one attached hydrogen (secondary N) is 1. The van der Waals surface area contributed by atoms with Crippen molar-refractivity contribution in [2.45, 2.75) is 25.6 Å². The standard InChI is InChI=1S/C12H11F4NO3/c1-2-9(11(19)20)17-10(18)7-5-6(12(14,15)16)3-4-8(7)13/h3-5,9H,2H2,1H3,(H,17,18)(H,19,20). The van der Waals surface area contributed by atoms with Gasteiger partial charge >= 0.3 is 12.1 Å². The van der Waals surface area contributed by atoms with E-state index in [1.54, 1.807) is 0 Å². The third kappa shape index (κ3) is 3.69. The number of hydrogen-bond donors (Lipinski definition) is 2. The molecular formula is C12H11F4NO3. The van der Waals surface area contributed by atoms with Gasteiger partial charge in [0.05, 0.1) is 11.1 Å². The zero-order valence-corrected chi connectivity index (χ0v) is 10.3. The summed E-state index contributed by atoms with van der Waals surface area (Å²) in [6.07, 6.45) is -4.71. The van der Waals surface area contributed by atoms with Gasteiger partial charge in [0.1, 0.15) is 11.9 Å². The number of carbonyl (C=O) groups is 2. The van der Waals surface area contributed by atoms with Gasteiger partial charge in [-0.3, -0.25) is 4.79 Å². The third-order valence-corrected chi connectivity index (χ3v) is 2.55. The molecule has 110 valence electrons. The molecule has 8 heteroatoms. The van der Waals surface area contributed by atoms with Crippen LogP contribution in [0, 0.1) is 5.82 Å². The number of benzene rings is 1. The molecule has 0 heterocycles. The van der Waals surface area contributed by atoms with E-state index < -0.39 is 41.0 Å². The van der Waals surface area contributed by atoms with Crippen molar-refractivity contribution in [1.82, 2.24) is 5.32 Å². The molecule has 0 saturated carbocycles. The smallest absolute Gasteiger partial charge is 0.416 e. The molecule has 1 rings (SSSR count). The van der Waals surface area contributed by atoms with Crippen molar-refractivity contribution in [3.05, 3.63) is 35.1 Å². The fourth-order valence-electron chi connectivity index (χ4n) is 1.45. The van der Waals surface area contributed by atoms with Gasteiger partial charge in [0.15, 0.2) is 0 Å². The van der Waals surface area contributed by atoms with E-state index in [9.17, 15) is 27.2 Å². The van der Waals surface area contributed by atoms with Crippen LogP contribution in [0.25, 0.3) is 0 Å². The molecule has 0 spiro atoms. The van der Waals surface area contributed by atoms with Gasteiger partial charge in [-0.05, 0) is 24.6 Å². The van der Waals surface area contributed by atoms with E-state index >= 15 is 0 Å². The van der Waals surface area contributed by atoms with E-state index in [1.807, 2.05) is 5.32 Å². The van der Waals surface area contributed by atoms with Crippen molar-refractivity contribution in [1.29, 1.82) is 0 Å². The van der Waals surface area contributed by atoms with Gasteiger partial charge in [-0.2, -0.15) is 13.2 Å². The van der Waals surface area contributed by atoms with Crippen LogP contribution in [0.4, 0.5) is 17.6 Å². The van der Waals surface area contributed by atoms with E-state index in [1.165, 1.54) is 6.92 Å². The quantitative estimate of drug-likeness (QED) is 0.838. The Kier molecular flexibility index (Phi) is 4.69. The Morgan fingerprint density at radius 2 is 1.95 bits per heavy atom. The SMILES string of the molecule is CCC(NC(=O)c1cc(C(F)(F)F)ccc1F)C(=O)O. The highest BCUT2D eigenvalue weighted by atomic mass is 19.4. The summed E-state index contributed by atoms with van der Waals surface area (Å²) < 4.78 is 50.8. The minimum Gasteiger partial charge on any atom is -0.480 e. The summed E-state index contributed by atoms with van der Waals surface area (Å²) in [4.78, 5) is 22.4. The molecule has 0 bridgehead atoms. The molecule has 0 radical (unpaired) electrons. The number of aliphatic carboxylic acids is 1. The zero-order chi connectivity index (χ0) is 15.5. The van der Waals surface area contributed by atoms with Gasteiger partial charge < -0.3 is 10.4 Å². The molecule has 0 aliphatic rings. The Hall–Kier alpha value is -2.12. The predicted octanol–water partition coefficient (Wildman–Crippen LogP) is 2.44. The molecule has 2 N–H and O–H groups in total. The molecule has 1 atom stereocenters. The van der Waals surface area contributed by atoms with Crippen molar-refractivity contribution in [3.8, 4) is 0 Å². The second-order valence-corrected chi connectivity index (χ2v) is 3.96. The molecule has 0 aromatic heterocycles.